The van der Waals surface area contributed by atoms with Crippen LogP contribution in [0.4, 0.5) is 5.69 Å². The van der Waals surface area contributed by atoms with Crippen molar-refractivity contribution in [3.63, 3.8) is 0 Å². The average molecular weight is 429 g/mol. The molecule has 4 rings (SSSR count). The monoisotopic (exact) mass is 428 g/mol. The Morgan fingerprint density at radius 1 is 1.23 bits per heavy atom. The predicted octanol–water partition coefficient (Wildman–Crippen LogP) is 3.35. The van der Waals surface area contributed by atoms with Crippen LogP contribution in [0.5, 0.6) is 0 Å². The number of carbonyl (C=O) groups is 1. The fourth-order valence-electron chi connectivity index (χ4n) is 3.44. The second kappa shape index (κ2) is 8.17. The molecule has 0 radical (unpaired) electrons. The molecule has 1 amide bonds. The van der Waals surface area contributed by atoms with Crippen LogP contribution in [0.3, 0.4) is 0 Å². The number of sulfonamides is 1. The quantitative estimate of drug-likeness (QED) is 0.557. The van der Waals surface area contributed by atoms with Gasteiger partial charge in [-0.1, -0.05) is 6.07 Å². The number of fused-ring (bicyclic) bond motifs is 1. The first-order valence-corrected chi connectivity index (χ1v) is 11.4. The van der Waals surface area contributed by atoms with E-state index in [2.05, 4.69) is 20.0 Å². The average Bonchev–Trinajstić information content (AvgIpc) is 3.36. The van der Waals surface area contributed by atoms with E-state index in [4.69, 9.17) is 4.74 Å². The summed E-state index contributed by atoms with van der Waals surface area (Å²) >= 11 is 0. The number of hydrogen-bond donors (Lipinski definition) is 3. The van der Waals surface area contributed by atoms with Gasteiger partial charge in [-0.15, -0.1) is 0 Å². The lowest BCUT2D eigenvalue weighted by Gasteiger charge is -2.11. The molecular formula is C21H24N4O4S. The molecule has 3 aromatic rings. The molecule has 2 aromatic carbocycles. The largest absolute Gasteiger partial charge is 0.370 e. The van der Waals surface area contributed by atoms with Gasteiger partial charge < -0.3 is 15.0 Å². The van der Waals surface area contributed by atoms with Crippen molar-refractivity contribution in [2.24, 2.45) is 0 Å². The number of carbonyl (C=O) groups excluding carboxylic acids is 1. The van der Waals surface area contributed by atoms with Crippen LogP contribution in [0.1, 0.15) is 49.0 Å². The molecule has 9 heteroatoms. The minimum atomic E-state index is -3.68. The molecule has 3 N–H and O–H groups in total. The molecule has 1 aromatic heterocycles. The van der Waals surface area contributed by atoms with Crippen LogP contribution in [-0.4, -0.2) is 36.9 Å². The molecule has 1 atom stereocenters. The summed E-state index contributed by atoms with van der Waals surface area (Å²) in [7, 11) is -3.68. The number of aromatic nitrogens is 2. The molecule has 1 aliphatic heterocycles. The highest BCUT2D eigenvalue weighted by Gasteiger charge is 2.21. The van der Waals surface area contributed by atoms with E-state index in [0.29, 0.717) is 5.69 Å². The fraction of sp³-hybridized carbons (Fsp3) is 0.333. The molecule has 0 bridgehead atoms. The Kier molecular flexibility index (Phi) is 5.59. The van der Waals surface area contributed by atoms with Crippen molar-refractivity contribution in [2.45, 2.75) is 43.7 Å². The number of rotatable bonds is 6. The lowest BCUT2D eigenvalue weighted by molar-refractivity contribution is 0.102. The Bertz CT molecular complexity index is 1180. The number of nitrogens with one attached hydrogen (secondary N) is 3. The molecule has 0 aliphatic carbocycles. The van der Waals surface area contributed by atoms with Crippen molar-refractivity contribution >= 4 is 32.7 Å². The van der Waals surface area contributed by atoms with Crippen molar-refractivity contribution in [1.82, 2.24) is 14.7 Å². The van der Waals surface area contributed by atoms with E-state index in [1.54, 1.807) is 38.1 Å². The Morgan fingerprint density at radius 2 is 2.07 bits per heavy atom. The van der Waals surface area contributed by atoms with Gasteiger partial charge in [0.15, 0.2) is 0 Å². The van der Waals surface area contributed by atoms with Gasteiger partial charge in [0.05, 0.1) is 15.9 Å². The summed E-state index contributed by atoms with van der Waals surface area (Å²) in [6, 6.07) is 11.1. The zero-order chi connectivity index (χ0) is 21.3. The number of ether oxygens (including phenoxy) is 1. The second-order valence-electron chi connectivity index (χ2n) is 7.61. The first-order valence-electron chi connectivity index (χ1n) is 9.87. The zero-order valence-electron chi connectivity index (χ0n) is 16.8. The second-order valence-corrected chi connectivity index (χ2v) is 9.33. The third-order valence-electron chi connectivity index (χ3n) is 4.79. The van der Waals surface area contributed by atoms with Gasteiger partial charge in [-0.2, -0.15) is 0 Å². The minimum Gasteiger partial charge on any atom is -0.370 e. The molecule has 1 fully saturated rings. The van der Waals surface area contributed by atoms with Gasteiger partial charge in [0.1, 0.15) is 11.9 Å². The van der Waals surface area contributed by atoms with E-state index in [1.165, 1.54) is 12.1 Å². The van der Waals surface area contributed by atoms with Gasteiger partial charge in [0.2, 0.25) is 10.0 Å². The maximum absolute atomic E-state index is 12.7. The lowest BCUT2D eigenvalue weighted by Crippen LogP contribution is -2.30. The summed E-state index contributed by atoms with van der Waals surface area (Å²) in [5.41, 5.74) is 2.44. The summed E-state index contributed by atoms with van der Waals surface area (Å²) in [4.78, 5) is 20.6. The van der Waals surface area contributed by atoms with Gasteiger partial charge in [-0.3, -0.25) is 4.79 Å². The molecular weight excluding hydrogens is 404 g/mol. The molecule has 1 saturated heterocycles. The summed E-state index contributed by atoms with van der Waals surface area (Å²) in [6.07, 6.45) is 1.94. The van der Waals surface area contributed by atoms with E-state index in [9.17, 15) is 13.2 Å². The molecule has 2 heterocycles. The molecule has 0 saturated carbocycles. The molecule has 8 nitrogen and oxygen atoms in total. The van der Waals surface area contributed by atoms with E-state index < -0.39 is 15.9 Å². The summed E-state index contributed by atoms with van der Waals surface area (Å²) in [5, 5.41) is 2.82. The first-order chi connectivity index (χ1) is 14.3. The molecule has 0 spiro atoms. The number of nitrogens with zero attached hydrogens (tertiary/aromatic N) is 1. The zero-order valence-corrected chi connectivity index (χ0v) is 17.6. The number of H-pyrrole nitrogens is 1. The van der Waals surface area contributed by atoms with Crippen LogP contribution in [0.25, 0.3) is 11.0 Å². The predicted molar refractivity (Wildman–Crippen MR) is 114 cm³/mol. The Labute approximate surface area is 175 Å². The standard InChI is InChI=1S/C21H24N4O4S/c1-13(2)25-30(27,28)16-6-3-5-14(11-16)21(26)22-15-8-9-17-18(12-15)24-20(23-17)19-7-4-10-29-19/h3,5-6,8-9,11-13,19,25H,4,7,10H2,1-2H3,(H,22,26)(H,23,24). The number of imidazole rings is 1. The van der Waals surface area contributed by atoms with Crippen molar-refractivity contribution in [3.8, 4) is 0 Å². The Balaban J connectivity index is 1.53. The first kappa shape index (κ1) is 20.5. The Hall–Kier alpha value is -2.75. The number of benzene rings is 2. The van der Waals surface area contributed by atoms with Crippen LogP contribution >= 0.6 is 0 Å². The number of hydrogen-bond acceptors (Lipinski definition) is 5. The SMILES string of the molecule is CC(C)NS(=O)(=O)c1cccc(C(=O)Nc2ccc3nc(C4CCCO4)[nH]c3c2)c1. The van der Waals surface area contributed by atoms with Crippen LogP contribution in [0.15, 0.2) is 47.4 Å². The van der Waals surface area contributed by atoms with E-state index in [-0.39, 0.29) is 22.6 Å². The minimum absolute atomic E-state index is 0.0143. The van der Waals surface area contributed by atoms with Gasteiger partial charge >= 0.3 is 0 Å². The van der Waals surface area contributed by atoms with Crippen molar-refractivity contribution in [3.05, 3.63) is 53.9 Å². The van der Waals surface area contributed by atoms with Gasteiger partial charge in [0.25, 0.3) is 5.91 Å². The van der Waals surface area contributed by atoms with Crippen molar-refractivity contribution in [2.75, 3.05) is 11.9 Å². The highest BCUT2D eigenvalue weighted by atomic mass is 32.2. The van der Waals surface area contributed by atoms with Crippen molar-refractivity contribution in [1.29, 1.82) is 0 Å². The summed E-state index contributed by atoms with van der Waals surface area (Å²) in [5.74, 6) is 0.399. The van der Waals surface area contributed by atoms with Crippen LogP contribution in [0.2, 0.25) is 0 Å². The van der Waals surface area contributed by atoms with E-state index in [0.717, 1.165) is 36.3 Å². The number of aromatic amines is 1. The van der Waals surface area contributed by atoms with Gasteiger partial charge in [0, 0.05) is 23.9 Å². The number of anilines is 1. The van der Waals surface area contributed by atoms with E-state index in [1.807, 2.05) is 6.07 Å². The fourth-order valence-corrected chi connectivity index (χ4v) is 4.74. The third-order valence-corrected chi connectivity index (χ3v) is 6.45. The molecule has 1 aliphatic rings. The number of amides is 1. The Morgan fingerprint density at radius 3 is 2.80 bits per heavy atom. The van der Waals surface area contributed by atoms with Gasteiger partial charge in [-0.05, 0) is 63.1 Å². The normalized spacial score (nSPS) is 17.0. The highest BCUT2D eigenvalue weighted by molar-refractivity contribution is 7.89. The summed E-state index contributed by atoms with van der Waals surface area (Å²) < 4.78 is 32.9. The smallest absolute Gasteiger partial charge is 0.255 e. The van der Waals surface area contributed by atoms with Gasteiger partial charge in [-0.25, -0.2) is 18.1 Å². The maximum atomic E-state index is 12.7. The van der Waals surface area contributed by atoms with Crippen LogP contribution < -0.4 is 10.0 Å². The molecule has 158 valence electrons. The summed E-state index contributed by atoms with van der Waals surface area (Å²) in [6.45, 7) is 4.22. The van der Waals surface area contributed by atoms with Crippen molar-refractivity contribution < 1.29 is 17.9 Å². The van der Waals surface area contributed by atoms with Crippen LogP contribution in [-0.2, 0) is 14.8 Å². The van der Waals surface area contributed by atoms with E-state index >= 15 is 0 Å². The lowest BCUT2D eigenvalue weighted by atomic mass is 10.2. The topological polar surface area (TPSA) is 113 Å². The maximum Gasteiger partial charge on any atom is 0.255 e. The highest BCUT2D eigenvalue weighted by Crippen LogP contribution is 2.28. The molecule has 1 unspecified atom stereocenters. The van der Waals surface area contributed by atoms with Crippen LogP contribution in [0, 0.1) is 0 Å². The molecule has 30 heavy (non-hydrogen) atoms. The third kappa shape index (κ3) is 4.38.